The number of nitrogens with zero attached hydrogens (tertiary/aromatic N) is 1. The molecule has 0 atom stereocenters. The maximum absolute atomic E-state index is 4.54. The molecule has 1 aromatic heterocycles. The van der Waals surface area contributed by atoms with Gasteiger partial charge in [-0.3, -0.25) is 4.98 Å². The van der Waals surface area contributed by atoms with Crippen LogP contribution in [0, 0.1) is 0 Å². The van der Waals surface area contributed by atoms with Crippen LogP contribution in [0.3, 0.4) is 0 Å². The van der Waals surface area contributed by atoms with Gasteiger partial charge in [0.1, 0.15) is 0 Å². The zero-order chi connectivity index (χ0) is 9.10. The molecule has 0 bridgehead atoms. The van der Waals surface area contributed by atoms with Crippen LogP contribution in [0.5, 0.6) is 0 Å². The molecule has 70 valence electrons. The van der Waals surface area contributed by atoms with Crippen molar-refractivity contribution in [2.24, 2.45) is 0 Å². The van der Waals surface area contributed by atoms with E-state index >= 15 is 0 Å². The summed E-state index contributed by atoms with van der Waals surface area (Å²) in [6.45, 7) is 2.22. The summed E-state index contributed by atoms with van der Waals surface area (Å²) in [5.74, 6) is 0. The minimum Gasteiger partial charge on any atom is -0.261 e. The molecule has 0 unspecified atom stereocenters. The third-order valence-corrected chi connectivity index (χ3v) is 2.76. The Labute approximate surface area is 80.2 Å². The largest absolute Gasteiger partial charge is 0.261 e. The molecule has 0 spiro atoms. The van der Waals surface area contributed by atoms with E-state index < -0.39 is 0 Å². The number of rotatable bonds is 2. The Balaban J connectivity index is 2.24. The molecule has 0 saturated carbocycles. The summed E-state index contributed by atoms with van der Waals surface area (Å²) in [5.41, 5.74) is 4.28. The van der Waals surface area contributed by atoms with Crippen LogP contribution in [-0.2, 0) is 19.3 Å². The van der Waals surface area contributed by atoms with E-state index in [0.717, 1.165) is 0 Å². The van der Waals surface area contributed by atoms with Gasteiger partial charge >= 0.3 is 0 Å². The molecular formula is C12H17N. The van der Waals surface area contributed by atoms with Crippen LogP contribution in [0.2, 0.25) is 0 Å². The summed E-state index contributed by atoms with van der Waals surface area (Å²) in [6, 6.07) is 2.37. The Morgan fingerprint density at radius 3 is 3.00 bits per heavy atom. The average Bonchev–Trinajstić information content (AvgIpc) is 2.18. The molecule has 2 rings (SSSR count). The van der Waals surface area contributed by atoms with Gasteiger partial charge in [0.15, 0.2) is 0 Å². The van der Waals surface area contributed by atoms with Crippen LogP contribution in [0.15, 0.2) is 12.3 Å². The van der Waals surface area contributed by atoms with Crippen molar-refractivity contribution >= 4 is 0 Å². The van der Waals surface area contributed by atoms with E-state index in [0.29, 0.717) is 0 Å². The third kappa shape index (κ3) is 1.90. The quantitative estimate of drug-likeness (QED) is 0.673. The Hall–Kier alpha value is -0.850. The van der Waals surface area contributed by atoms with Crippen molar-refractivity contribution in [1.29, 1.82) is 0 Å². The standard InChI is InChI=1S/C12H17N/c1-2-5-10-8-11-6-3-4-7-12(11)13-9-10/h8-9H,2-7H2,1H3. The lowest BCUT2D eigenvalue weighted by atomic mass is 9.94. The molecule has 0 fully saturated rings. The number of hydrogen-bond donors (Lipinski definition) is 0. The van der Waals surface area contributed by atoms with E-state index in [4.69, 9.17) is 0 Å². The Bertz CT molecular complexity index is 291. The fraction of sp³-hybridized carbons (Fsp3) is 0.583. The van der Waals surface area contributed by atoms with Gasteiger partial charge in [0.2, 0.25) is 0 Å². The number of aryl methyl sites for hydroxylation is 3. The van der Waals surface area contributed by atoms with Crippen molar-refractivity contribution in [2.45, 2.75) is 45.4 Å². The van der Waals surface area contributed by atoms with Crippen LogP contribution < -0.4 is 0 Å². The smallest absolute Gasteiger partial charge is 0.0435 e. The first-order valence-electron chi connectivity index (χ1n) is 5.37. The molecule has 0 aliphatic heterocycles. The van der Waals surface area contributed by atoms with Crippen molar-refractivity contribution < 1.29 is 0 Å². The van der Waals surface area contributed by atoms with Crippen molar-refractivity contribution in [3.8, 4) is 0 Å². The number of aromatic nitrogens is 1. The summed E-state index contributed by atoms with van der Waals surface area (Å²) in [6.07, 6.45) is 9.59. The molecule has 0 aromatic carbocycles. The van der Waals surface area contributed by atoms with Crippen LogP contribution in [0.4, 0.5) is 0 Å². The number of fused-ring (bicyclic) bond motifs is 1. The van der Waals surface area contributed by atoms with E-state index in [-0.39, 0.29) is 0 Å². The van der Waals surface area contributed by atoms with E-state index in [9.17, 15) is 0 Å². The van der Waals surface area contributed by atoms with Crippen LogP contribution in [-0.4, -0.2) is 4.98 Å². The van der Waals surface area contributed by atoms with Crippen molar-refractivity contribution in [3.63, 3.8) is 0 Å². The maximum Gasteiger partial charge on any atom is 0.0435 e. The molecule has 0 N–H and O–H groups in total. The summed E-state index contributed by atoms with van der Waals surface area (Å²) in [5, 5.41) is 0. The van der Waals surface area contributed by atoms with E-state index in [2.05, 4.69) is 24.2 Å². The van der Waals surface area contributed by atoms with Gasteiger partial charge in [-0.05, 0) is 43.2 Å². The lowest BCUT2D eigenvalue weighted by Gasteiger charge is -2.15. The molecule has 1 heteroatoms. The average molecular weight is 175 g/mol. The topological polar surface area (TPSA) is 12.9 Å². The van der Waals surface area contributed by atoms with Gasteiger partial charge < -0.3 is 0 Å². The fourth-order valence-electron chi connectivity index (χ4n) is 2.06. The monoisotopic (exact) mass is 175 g/mol. The van der Waals surface area contributed by atoms with Crippen LogP contribution in [0.1, 0.15) is 43.0 Å². The highest BCUT2D eigenvalue weighted by atomic mass is 14.7. The highest BCUT2D eigenvalue weighted by Gasteiger charge is 2.10. The SMILES string of the molecule is CCCc1cnc2c(c1)CCCC2. The molecule has 1 aliphatic rings. The molecule has 0 radical (unpaired) electrons. The van der Waals surface area contributed by atoms with Gasteiger partial charge in [-0.1, -0.05) is 19.4 Å². The van der Waals surface area contributed by atoms with Crippen LogP contribution >= 0.6 is 0 Å². The van der Waals surface area contributed by atoms with E-state index in [1.807, 2.05) is 0 Å². The molecule has 0 saturated heterocycles. The lowest BCUT2D eigenvalue weighted by Crippen LogP contribution is -2.05. The summed E-state index contributed by atoms with van der Waals surface area (Å²) < 4.78 is 0. The fourth-order valence-corrected chi connectivity index (χ4v) is 2.06. The normalized spacial score (nSPS) is 15.5. The summed E-state index contributed by atoms with van der Waals surface area (Å²) in [7, 11) is 0. The van der Waals surface area contributed by atoms with E-state index in [1.54, 1.807) is 0 Å². The Morgan fingerprint density at radius 2 is 2.15 bits per heavy atom. The molecular weight excluding hydrogens is 158 g/mol. The van der Waals surface area contributed by atoms with E-state index in [1.165, 1.54) is 55.3 Å². The first-order valence-corrected chi connectivity index (χ1v) is 5.37. The number of pyridine rings is 1. The zero-order valence-electron chi connectivity index (χ0n) is 8.34. The van der Waals surface area contributed by atoms with Gasteiger partial charge in [0, 0.05) is 11.9 Å². The Kier molecular flexibility index (Phi) is 2.62. The molecule has 1 heterocycles. The first-order chi connectivity index (χ1) is 6.40. The summed E-state index contributed by atoms with van der Waals surface area (Å²) in [4.78, 5) is 4.54. The maximum atomic E-state index is 4.54. The summed E-state index contributed by atoms with van der Waals surface area (Å²) >= 11 is 0. The highest BCUT2D eigenvalue weighted by Crippen LogP contribution is 2.20. The molecule has 1 aromatic rings. The van der Waals surface area contributed by atoms with Crippen molar-refractivity contribution in [2.75, 3.05) is 0 Å². The second kappa shape index (κ2) is 3.91. The molecule has 1 nitrogen and oxygen atoms in total. The molecule has 13 heavy (non-hydrogen) atoms. The number of hydrogen-bond acceptors (Lipinski definition) is 1. The molecule has 0 amide bonds. The van der Waals surface area contributed by atoms with Gasteiger partial charge in [-0.15, -0.1) is 0 Å². The van der Waals surface area contributed by atoms with Crippen LogP contribution in [0.25, 0.3) is 0 Å². The lowest BCUT2D eigenvalue weighted by molar-refractivity contribution is 0.665. The Morgan fingerprint density at radius 1 is 1.31 bits per heavy atom. The van der Waals surface area contributed by atoms with Gasteiger partial charge in [-0.2, -0.15) is 0 Å². The highest BCUT2D eigenvalue weighted by molar-refractivity contribution is 5.27. The second-order valence-electron chi connectivity index (χ2n) is 3.91. The zero-order valence-corrected chi connectivity index (χ0v) is 8.34. The van der Waals surface area contributed by atoms with Gasteiger partial charge in [-0.25, -0.2) is 0 Å². The third-order valence-electron chi connectivity index (χ3n) is 2.76. The molecule has 1 aliphatic carbocycles. The predicted octanol–water partition coefficient (Wildman–Crippen LogP) is 2.91. The first kappa shape index (κ1) is 8.74. The minimum atomic E-state index is 1.18. The van der Waals surface area contributed by atoms with Gasteiger partial charge in [0.05, 0.1) is 0 Å². The van der Waals surface area contributed by atoms with Gasteiger partial charge in [0.25, 0.3) is 0 Å². The van der Waals surface area contributed by atoms with Crippen molar-refractivity contribution in [1.82, 2.24) is 4.98 Å². The van der Waals surface area contributed by atoms with Crippen molar-refractivity contribution in [3.05, 3.63) is 29.1 Å². The minimum absolute atomic E-state index is 1.18. The second-order valence-corrected chi connectivity index (χ2v) is 3.91. The predicted molar refractivity (Wildman–Crippen MR) is 54.9 cm³/mol.